The van der Waals surface area contributed by atoms with Crippen LogP contribution in [0.25, 0.3) is 0 Å². The van der Waals surface area contributed by atoms with Crippen LogP contribution in [0.2, 0.25) is 5.02 Å². The van der Waals surface area contributed by atoms with Crippen molar-refractivity contribution in [2.75, 3.05) is 31.6 Å². The second-order valence-corrected chi connectivity index (χ2v) is 25.0. The maximum absolute atomic E-state index is 15.1. The van der Waals surface area contributed by atoms with Crippen molar-refractivity contribution in [3.63, 3.8) is 0 Å². The van der Waals surface area contributed by atoms with Gasteiger partial charge in [0.15, 0.2) is 0 Å². The van der Waals surface area contributed by atoms with Crippen LogP contribution in [-0.4, -0.2) is 166 Å². The van der Waals surface area contributed by atoms with E-state index in [0.29, 0.717) is 53.1 Å². The molecule has 1 heterocycles. The highest BCUT2D eigenvalue weighted by Gasteiger charge is 2.37. The number of unbranched alkanes of at least 4 members (excludes halogenated alkanes) is 2. The van der Waals surface area contributed by atoms with E-state index in [2.05, 4.69) is 53.2 Å². The van der Waals surface area contributed by atoms with Crippen molar-refractivity contribution >= 4 is 98.2 Å². The molecule has 0 spiro atoms. The largest absolute Gasteiger partial charge is 0.508 e. The van der Waals surface area contributed by atoms with Crippen LogP contribution < -0.4 is 64.6 Å². The fourth-order valence-electron chi connectivity index (χ4n) is 9.56. The molecule has 0 saturated carbocycles. The predicted molar refractivity (Wildman–Crippen MR) is 350 cm³/mol. The van der Waals surface area contributed by atoms with E-state index in [0.717, 1.165) is 21.6 Å². The number of primary amides is 2. The van der Waals surface area contributed by atoms with E-state index in [1.165, 1.54) is 91.9 Å². The van der Waals surface area contributed by atoms with Crippen LogP contribution in [0.5, 0.6) is 11.5 Å². The minimum Gasteiger partial charge on any atom is -0.508 e. The number of aliphatic hydroxyl groups is 1. The molecule has 496 valence electrons. The summed E-state index contributed by atoms with van der Waals surface area (Å²) in [5.41, 5.74) is 13.5. The third-order valence-corrected chi connectivity index (χ3v) is 17.4. The molecule has 1 fully saturated rings. The lowest BCUT2D eigenvalue weighted by molar-refractivity contribution is -0.136. The second kappa shape index (κ2) is 36.7. The quantitative estimate of drug-likeness (QED) is 0.0279. The highest BCUT2D eigenvalue weighted by atomic mass is 35.5. The number of hydrogen-bond donors (Lipinski definition) is 15. The molecule has 0 radical (unpaired) electrons. The number of rotatable bonds is 25. The molecule has 5 aromatic carbocycles. The number of nitrogens with two attached hydrogens (primary N) is 2. The van der Waals surface area contributed by atoms with E-state index in [1.807, 2.05) is 0 Å². The summed E-state index contributed by atoms with van der Waals surface area (Å²) in [5, 5.41) is 58.4. The molecule has 0 aliphatic carbocycles. The molecule has 11 amide bonds. The van der Waals surface area contributed by atoms with Crippen molar-refractivity contribution in [3.05, 3.63) is 166 Å². The molecule has 26 nitrogen and oxygen atoms in total. The Morgan fingerprint density at radius 2 is 1.12 bits per heavy atom. The Hall–Kier alpha value is -9.22. The lowest BCUT2D eigenvalue weighted by Gasteiger charge is -2.29. The fraction of sp³-hybridized carbons (Fsp3) is 0.359. The van der Waals surface area contributed by atoms with Gasteiger partial charge in [0.1, 0.15) is 59.8 Å². The summed E-state index contributed by atoms with van der Waals surface area (Å²) >= 11 is 6.20. The molecule has 1 aliphatic heterocycles. The summed E-state index contributed by atoms with van der Waals surface area (Å²) in [6.45, 7) is 1.24. The number of aromatic hydroxyl groups is 2. The number of nitrogens with one attached hydrogen (secondary N) is 10. The molecule has 5 aromatic rings. The van der Waals surface area contributed by atoms with Crippen molar-refractivity contribution in [3.8, 4) is 11.5 Å². The molecule has 0 aromatic heterocycles. The highest BCUT2D eigenvalue weighted by molar-refractivity contribution is 8.76. The minimum absolute atomic E-state index is 0.0282. The number of aliphatic hydroxyl groups excluding tert-OH is 1. The molecule has 93 heavy (non-hydrogen) atoms. The zero-order valence-electron chi connectivity index (χ0n) is 51.0. The van der Waals surface area contributed by atoms with Gasteiger partial charge < -0.3 is 80.0 Å². The van der Waals surface area contributed by atoms with Crippen LogP contribution >= 0.6 is 33.2 Å². The van der Waals surface area contributed by atoms with Crippen LogP contribution in [0.15, 0.2) is 127 Å². The van der Waals surface area contributed by atoms with E-state index in [9.17, 15) is 58.5 Å². The van der Waals surface area contributed by atoms with E-state index < -0.39 is 126 Å². The molecule has 0 unspecified atom stereocenters. The Morgan fingerprint density at radius 1 is 0.591 bits per heavy atom. The number of phenols is 2. The zero-order valence-corrected chi connectivity index (χ0v) is 53.4. The molecular formula is C64H77ClN12O14S2. The Labute approximate surface area is 549 Å². The van der Waals surface area contributed by atoms with Crippen molar-refractivity contribution in [1.82, 2.24) is 53.2 Å². The maximum atomic E-state index is 15.1. The average molecular weight is 1340 g/mol. The number of carbonyl (C=O) groups is 11. The first-order chi connectivity index (χ1) is 44.5. The van der Waals surface area contributed by atoms with Crippen LogP contribution in [-0.2, 0) is 68.8 Å². The minimum atomic E-state index is -1.80. The third kappa shape index (κ3) is 24.1. The van der Waals surface area contributed by atoms with Crippen molar-refractivity contribution < 1.29 is 68.1 Å². The first-order valence-corrected chi connectivity index (χ1v) is 32.6. The van der Waals surface area contributed by atoms with Crippen LogP contribution in [0, 0.1) is 0 Å². The number of benzene rings is 5. The van der Waals surface area contributed by atoms with Crippen LogP contribution in [0.4, 0.5) is 0 Å². The van der Waals surface area contributed by atoms with Crippen LogP contribution in [0.3, 0.4) is 0 Å². The monoisotopic (exact) mass is 1340 g/mol. The van der Waals surface area contributed by atoms with Crippen molar-refractivity contribution in [2.45, 2.75) is 113 Å². The van der Waals surface area contributed by atoms with Gasteiger partial charge in [-0.05, 0) is 116 Å². The zero-order chi connectivity index (χ0) is 67.6. The van der Waals surface area contributed by atoms with Gasteiger partial charge in [-0.2, -0.15) is 0 Å². The van der Waals surface area contributed by atoms with Gasteiger partial charge in [-0.3, -0.25) is 52.7 Å². The summed E-state index contributed by atoms with van der Waals surface area (Å²) in [6.07, 6.45) is -1.03. The summed E-state index contributed by atoms with van der Waals surface area (Å²) < 4.78 is 0. The summed E-state index contributed by atoms with van der Waals surface area (Å²) in [4.78, 5) is 155. The highest BCUT2D eigenvalue weighted by Crippen LogP contribution is 2.25. The summed E-state index contributed by atoms with van der Waals surface area (Å²) in [5.74, 6) is -10.8. The molecule has 6 rings (SSSR count). The van der Waals surface area contributed by atoms with Gasteiger partial charge in [-0.25, -0.2) is 0 Å². The molecule has 9 atom stereocenters. The third-order valence-electron chi connectivity index (χ3n) is 14.7. The van der Waals surface area contributed by atoms with Gasteiger partial charge in [0.05, 0.1) is 12.6 Å². The van der Waals surface area contributed by atoms with Crippen molar-refractivity contribution in [2.24, 2.45) is 11.5 Å². The van der Waals surface area contributed by atoms with Crippen molar-refractivity contribution in [1.29, 1.82) is 0 Å². The first kappa shape index (κ1) is 72.8. The first-order valence-electron chi connectivity index (χ1n) is 29.8. The van der Waals surface area contributed by atoms with Gasteiger partial charge in [-0.15, -0.1) is 0 Å². The number of hydrogen-bond acceptors (Lipinski definition) is 17. The normalized spacial score (nSPS) is 19.5. The smallest absolute Gasteiger partial charge is 0.251 e. The molecule has 1 aliphatic rings. The lowest BCUT2D eigenvalue weighted by Crippen LogP contribution is -2.62. The van der Waals surface area contributed by atoms with E-state index in [-0.39, 0.29) is 66.2 Å². The molecule has 0 bridgehead atoms. The molecule has 29 heteroatoms. The number of halogens is 1. The van der Waals surface area contributed by atoms with E-state index in [4.69, 9.17) is 23.1 Å². The number of amides is 11. The Balaban J connectivity index is 1.43. The Morgan fingerprint density at radius 3 is 1.69 bits per heavy atom. The average Bonchev–Trinajstić information content (AvgIpc) is 1.01. The molecule has 17 N–H and O–H groups in total. The van der Waals surface area contributed by atoms with Gasteiger partial charge >= 0.3 is 0 Å². The summed E-state index contributed by atoms with van der Waals surface area (Å²) in [7, 11) is 3.55. The maximum Gasteiger partial charge on any atom is 0.251 e. The van der Waals surface area contributed by atoms with Gasteiger partial charge in [0.25, 0.3) is 5.91 Å². The standard InChI is InChI=1S/C64H77ClN12O14S2/c1-36(78)54-64(91)76-52(62(89)72-47(56(67)83)29-39-16-24-44(79)25-17-39)35-93-92-34-51(75-59(86)48(30-38-14-22-43(65)23-15-38)70-53(81)33-69-57(84)42-9-5-3-6-10-42)63(90)74-50(32-40-18-26-45(80)27-19-40)61(88)73-49(31-37-12-20-41(21-13-37)55(66)82)60(87)71-46(58(85)77-54)11-7-4-8-28-68-2/h3,5-6,9-10,12-27,36,46-52,54,68,78-80H,4,7-8,11,28-35H2,1-2H3,(H2,66,82)(H2,67,83)(H,69,84)(H,70,81)(H,71,87)(H,72,89)(H,73,88)(H,74,90)(H,75,86)(H,76,91)(H,77,85)/t36-,46+,47-,48+,49-,50+,51-,52+,54+/m1/s1. The number of carbonyl (C=O) groups excluding carboxylic acids is 11. The summed E-state index contributed by atoms with van der Waals surface area (Å²) in [6, 6.07) is 19.1. The predicted octanol–water partition coefficient (Wildman–Crippen LogP) is 0.470. The van der Waals surface area contributed by atoms with Crippen LogP contribution in [0.1, 0.15) is 75.6 Å². The second-order valence-electron chi connectivity index (χ2n) is 22.0. The molecular weight excluding hydrogens is 1260 g/mol. The van der Waals surface area contributed by atoms with E-state index >= 15 is 9.59 Å². The van der Waals surface area contributed by atoms with Gasteiger partial charge in [0, 0.05) is 53.3 Å². The Bertz CT molecular complexity index is 3390. The Kier molecular flexibility index (Phi) is 28.8. The fourth-order valence-corrected chi connectivity index (χ4v) is 12.0. The molecule has 1 saturated heterocycles. The number of phenolic OH excluding ortho intramolecular Hbond substituents is 2. The SMILES string of the molecule is CNCCCCC[C@@H]1NC(=O)[C@@H](Cc2ccc(C(N)=O)cc2)NC(=O)[C@H](Cc2ccc(O)cc2)NC(=O)[C@H](NC(=O)[C@H](Cc2ccc(Cl)cc2)NC(=O)CNC(=O)c2ccccc2)CSSC[C@@H](C(=O)N[C@H](Cc2ccc(O)cc2)C(N)=O)NC(=O)[C@H]([C@@H](C)O)NC1=O. The topological polar surface area (TPSA) is 421 Å². The van der Waals surface area contributed by atoms with E-state index in [1.54, 1.807) is 49.5 Å². The lowest BCUT2D eigenvalue weighted by atomic mass is 10.00. The van der Waals surface area contributed by atoms with Gasteiger partial charge in [0.2, 0.25) is 59.1 Å². The van der Waals surface area contributed by atoms with Gasteiger partial charge in [-0.1, -0.05) is 113 Å².